The predicted molar refractivity (Wildman–Crippen MR) is 56.7 cm³/mol. The van der Waals surface area contributed by atoms with Crippen LogP contribution < -0.4 is 5.32 Å². The highest BCUT2D eigenvalue weighted by Crippen LogP contribution is 2.34. The molecule has 1 atom stereocenters. The van der Waals surface area contributed by atoms with E-state index in [0.717, 1.165) is 18.4 Å². The lowest BCUT2D eigenvalue weighted by Crippen LogP contribution is -2.25. The van der Waals surface area contributed by atoms with Gasteiger partial charge in [0, 0.05) is 6.54 Å². The third kappa shape index (κ3) is 2.34. The van der Waals surface area contributed by atoms with Crippen LogP contribution in [-0.2, 0) is 0 Å². The highest BCUT2D eigenvalue weighted by molar-refractivity contribution is 5.09. The van der Waals surface area contributed by atoms with Crippen molar-refractivity contribution in [1.82, 2.24) is 5.32 Å². The van der Waals surface area contributed by atoms with Crippen LogP contribution in [0.5, 0.6) is 0 Å². The Kier molecular flexibility index (Phi) is 3.05. The Bertz CT molecular complexity index is 183. The van der Waals surface area contributed by atoms with Crippen LogP contribution in [0.15, 0.2) is 11.6 Å². The first-order valence-electron chi connectivity index (χ1n) is 5.76. The largest absolute Gasteiger partial charge is 0.313 e. The van der Waals surface area contributed by atoms with Gasteiger partial charge in [0.25, 0.3) is 0 Å². The molecule has 0 bridgehead atoms. The summed E-state index contributed by atoms with van der Waals surface area (Å²) in [7, 11) is 0. The molecule has 1 saturated heterocycles. The lowest BCUT2D eigenvalue weighted by molar-refractivity contribution is 0.254. The van der Waals surface area contributed by atoms with Crippen LogP contribution in [0.1, 0.15) is 39.0 Å². The molecule has 13 heavy (non-hydrogen) atoms. The molecule has 1 nitrogen and oxygen atoms in total. The number of rotatable bonds is 2. The molecule has 0 aromatic carbocycles. The van der Waals surface area contributed by atoms with Crippen molar-refractivity contribution in [2.24, 2.45) is 11.8 Å². The maximum Gasteiger partial charge on any atom is 0.0164 e. The Morgan fingerprint density at radius 1 is 1.38 bits per heavy atom. The Hall–Kier alpha value is -0.300. The van der Waals surface area contributed by atoms with Crippen LogP contribution in [-0.4, -0.2) is 13.1 Å². The maximum absolute atomic E-state index is 3.45. The summed E-state index contributed by atoms with van der Waals surface area (Å²) in [5.74, 6) is 1.85. The van der Waals surface area contributed by atoms with Gasteiger partial charge in [0.05, 0.1) is 0 Å². The highest BCUT2D eigenvalue weighted by Gasteiger charge is 2.22. The summed E-state index contributed by atoms with van der Waals surface area (Å²) in [6.07, 6.45) is 9.62. The normalized spacial score (nSPS) is 30.1. The van der Waals surface area contributed by atoms with E-state index in [2.05, 4.69) is 18.3 Å². The van der Waals surface area contributed by atoms with Crippen LogP contribution in [0.25, 0.3) is 0 Å². The molecule has 1 aliphatic heterocycles. The van der Waals surface area contributed by atoms with Gasteiger partial charge < -0.3 is 5.32 Å². The summed E-state index contributed by atoms with van der Waals surface area (Å²) in [6.45, 7) is 4.76. The quantitative estimate of drug-likeness (QED) is 0.643. The molecule has 0 radical (unpaired) electrons. The van der Waals surface area contributed by atoms with E-state index in [1.165, 1.54) is 38.6 Å². The molecule has 1 unspecified atom stereocenters. The molecular weight excluding hydrogens is 158 g/mol. The van der Waals surface area contributed by atoms with Crippen molar-refractivity contribution < 1.29 is 0 Å². The zero-order valence-electron chi connectivity index (χ0n) is 8.68. The summed E-state index contributed by atoms with van der Waals surface area (Å²) >= 11 is 0. The zero-order valence-corrected chi connectivity index (χ0v) is 8.68. The van der Waals surface area contributed by atoms with E-state index in [9.17, 15) is 0 Å². The van der Waals surface area contributed by atoms with E-state index in [4.69, 9.17) is 0 Å². The molecule has 0 amide bonds. The Labute approximate surface area is 81.6 Å². The third-order valence-electron chi connectivity index (χ3n) is 3.60. The van der Waals surface area contributed by atoms with Crippen molar-refractivity contribution >= 4 is 0 Å². The monoisotopic (exact) mass is 179 g/mol. The second-order valence-electron chi connectivity index (χ2n) is 4.66. The van der Waals surface area contributed by atoms with E-state index in [0.29, 0.717) is 0 Å². The van der Waals surface area contributed by atoms with Gasteiger partial charge in [0.15, 0.2) is 0 Å². The van der Waals surface area contributed by atoms with Crippen LogP contribution in [0.3, 0.4) is 0 Å². The Morgan fingerprint density at radius 2 is 2.23 bits per heavy atom. The smallest absolute Gasteiger partial charge is 0.0164 e. The van der Waals surface area contributed by atoms with Crippen molar-refractivity contribution in [1.29, 1.82) is 0 Å². The average Bonchev–Trinajstić information content (AvgIpc) is 2.02. The first-order chi connectivity index (χ1) is 6.36. The Morgan fingerprint density at radius 3 is 2.77 bits per heavy atom. The molecule has 2 aliphatic rings. The van der Waals surface area contributed by atoms with Gasteiger partial charge in [-0.2, -0.15) is 0 Å². The molecule has 0 spiro atoms. The first kappa shape index (κ1) is 9.26. The molecule has 1 aliphatic carbocycles. The minimum atomic E-state index is 0.837. The number of nitrogens with one attached hydrogen (secondary N) is 1. The molecule has 0 aromatic heterocycles. The second-order valence-corrected chi connectivity index (χ2v) is 4.66. The minimum absolute atomic E-state index is 0.837. The summed E-state index contributed by atoms with van der Waals surface area (Å²) in [4.78, 5) is 0. The third-order valence-corrected chi connectivity index (χ3v) is 3.60. The molecule has 1 heterocycles. The summed E-state index contributed by atoms with van der Waals surface area (Å²) in [6, 6.07) is 0. The van der Waals surface area contributed by atoms with Crippen molar-refractivity contribution in [2.45, 2.75) is 39.0 Å². The molecule has 2 fully saturated rings. The van der Waals surface area contributed by atoms with Crippen molar-refractivity contribution in [3.8, 4) is 0 Å². The zero-order chi connectivity index (χ0) is 9.10. The van der Waals surface area contributed by atoms with E-state index in [1.807, 2.05) is 0 Å². The molecule has 1 N–H and O–H groups in total. The summed E-state index contributed by atoms with van der Waals surface area (Å²) in [5.41, 5.74) is 1.66. The molecular formula is C12H21N. The topological polar surface area (TPSA) is 12.0 Å². The average molecular weight is 179 g/mol. The van der Waals surface area contributed by atoms with Gasteiger partial charge in [-0.25, -0.2) is 0 Å². The Balaban J connectivity index is 1.85. The SMILES string of the molecule is CC(/C=C1/CCCNC1)C1CCC1. The molecule has 74 valence electrons. The lowest BCUT2D eigenvalue weighted by atomic mass is 9.76. The molecule has 1 heteroatoms. The van der Waals surface area contributed by atoms with E-state index in [1.54, 1.807) is 5.57 Å². The van der Waals surface area contributed by atoms with E-state index in [-0.39, 0.29) is 0 Å². The number of piperidine rings is 1. The molecule has 1 saturated carbocycles. The van der Waals surface area contributed by atoms with E-state index >= 15 is 0 Å². The number of hydrogen-bond donors (Lipinski definition) is 1. The van der Waals surface area contributed by atoms with Gasteiger partial charge in [-0.1, -0.05) is 25.0 Å². The van der Waals surface area contributed by atoms with Crippen LogP contribution in [0, 0.1) is 11.8 Å². The number of allylic oxidation sites excluding steroid dienone is 1. The summed E-state index contributed by atoms with van der Waals surface area (Å²) in [5, 5.41) is 3.45. The first-order valence-corrected chi connectivity index (χ1v) is 5.76. The van der Waals surface area contributed by atoms with Crippen LogP contribution in [0.4, 0.5) is 0 Å². The number of hydrogen-bond acceptors (Lipinski definition) is 1. The minimum Gasteiger partial charge on any atom is -0.313 e. The fourth-order valence-corrected chi connectivity index (χ4v) is 2.39. The van der Waals surface area contributed by atoms with Gasteiger partial charge in [-0.15, -0.1) is 0 Å². The summed E-state index contributed by atoms with van der Waals surface area (Å²) < 4.78 is 0. The second kappa shape index (κ2) is 4.28. The molecule has 2 rings (SSSR count). The van der Waals surface area contributed by atoms with Gasteiger partial charge in [-0.3, -0.25) is 0 Å². The van der Waals surface area contributed by atoms with Crippen molar-refractivity contribution in [2.75, 3.05) is 13.1 Å². The van der Waals surface area contributed by atoms with Gasteiger partial charge >= 0.3 is 0 Å². The highest BCUT2D eigenvalue weighted by atomic mass is 14.9. The lowest BCUT2D eigenvalue weighted by Gasteiger charge is -2.30. The van der Waals surface area contributed by atoms with Gasteiger partial charge in [0.2, 0.25) is 0 Å². The maximum atomic E-state index is 3.45. The predicted octanol–water partition coefficient (Wildman–Crippen LogP) is 2.73. The van der Waals surface area contributed by atoms with Crippen molar-refractivity contribution in [3.05, 3.63) is 11.6 Å². The fraction of sp³-hybridized carbons (Fsp3) is 0.833. The van der Waals surface area contributed by atoms with Gasteiger partial charge in [0.1, 0.15) is 0 Å². The standard InChI is InChI=1S/C12H21N/c1-10(12-5-2-6-12)8-11-4-3-7-13-9-11/h8,10,12-13H,2-7,9H2,1H3/b11-8-. The van der Waals surface area contributed by atoms with Crippen molar-refractivity contribution in [3.63, 3.8) is 0 Å². The van der Waals surface area contributed by atoms with Crippen LogP contribution in [0.2, 0.25) is 0 Å². The fourth-order valence-electron chi connectivity index (χ4n) is 2.39. The molecule has 0 aromatic rings. The van der Waals surface area contributed by atoms with Crippen LogP contribution >= 0.6 is 0 Å². The van der Waals surface area contributed by atoms with Gasteiger partial charge in [-0.05, 0) is 44.1 Å². The van der Waals surface area contributed by atoms with E-state index < -0.39 is 0 Å².